The van der Waals surface area contributed by atoms with Crippen LogP contribution in [0.1, 0.15) is 11.1 Å². The Hall–Kier alpha value is -5.09. The van der Waals surface area contributed by atoms with Gasteiger partial charge in [0.2, 0.25) is 0 Å². The number of para-hydroxylation sites is 1. The summed E-state index contributed by atoms with van der Waals surface area (Å²) in [5.41, 5.74) is 6.15. The summed E-state index contributed by atoms with van der Waals surface area (Å²) in [5.74, 6) is 2.43. The summed E-state index contributed by atoms with van der Waals surface area (Å²) in [6.07, 6.45) is 1.56. The zero-order valence-electron chi connectivity index (χ0n) is 23.1. The SMILES string of the molecule is COc1ccc(-c2nnc(SCC(=O)N/N=C\c3ccc(OCc4ccccc4)c(OC)c3)n2-c2ccccc2)cc1. The van der Waals surface area contributed by atoms with Crippen molar-refractivity contribution in [3.05, 3.63) is 114 Å². The minimum absolute atomic E-state index is 0.0977. The van der Waals surface area contributed by atoms with Crippen LogP contribution in [0.25, 0.3) is 17.1 Å². The molecule has 5 rings (SSSR count). The highest BCUT2D eigenvalue weighted by Crippen LogP contribution is 2.30. The number of ether oxygens (including phenoxy) is 3. The zero-order chi connectivity index (χ0) is 29.1. The van der Waals surface area contributed by atoms with E-state index in [-0.39, 0.29) is 11.7 Å². The summed E-state index contributed by atoms with van der Waals surface area (Å²) in [5, 5.41) is 13.5. The van der Waals surface area contributed by atoms with Crippen molar-refractivity contribution < 1.29 is 19.0 Å². The number of nitrogens with one attached hydrogen (secondary N) is 1. The molecule has 212 valence electrons. The van der Waals surface area contributed by atoms with E-state index in [9.17, 15) is 4.79 Å². The van der Waals surface area contributed by atoms with Gasteiger partial charge in [-0.2, -0.15) is 5.10 Å². The van der Waals surface area contributed by atoms with Gasteiger partial charge in [-0.05, 0) is 65.7 Å². The molecule has 4 aromatic carbocycles. The van der Waals surface area contributed by atoms with E-state index in [1.54, 1.807) is 26.5 Å². The molecule has 0 bridgehead atoms. The maximum atomic E-state index is 12.6. The summed E-state index contributed by atoms with van der Waals surface area (Å²) >= 11 is 1.27. The van der Waals surface area contributed by atoms with Crippen LogP contribution in [0.3, 0.4) is 0 Å². The van der Waals surface area contributed by atoms with E-state index in [2.05, 4.69) is 20.7 Å². The zero-order valence-corrected chi connectivity index (χ0v) is 24.0. The number of rotatable bonds is 12. The quantitative estimate of drug-likeness (QED) is 0.114. The number of hydrazone groups is 1. The lowest BCUT2D eigenvalue weighted by Crippen LogP contribution is -2.20. The van der Waals surface area contributed by atoms with Gasteiger partial charge in [-0.3, -0.25) is 9.36 Å². The minimum Gasteiger partial charge on any atom is -0.497 e. The molecule has 5 aromatic rings. The number of benzene rings is 4. The molecule has 0 aliphatic carbocycles. The topological polar surface area (TPSA) is 99.9 Å². The standard InChI is InChI=1S/C32H29N5O4S/c1-39-27-16-14-25(15-17-27)31-35-36-32(37(31)26-11-7-4-8-12-26)42-22-30(38)34-33-20-24-13-18-28(29(19-24)40-2)41-21-23-9-5-3-6-10-23/h3-20H,21-22H2,1-2H3,(H,34,38)/b33-20-. The molecule has 1 aromatic heterocycles. The Bertz CT molecular complexity index is 1640. The third-order valence-corrected chi connectivity index (χ3v) is 7.08. The van der Waals surface area contributed by atoms with E-state index in [4.69, 9.17) is 14.2 Å². The summed E-state index contributed by atoms with van der Waals surface area (Å²) in [6.45, 7) is 0.429. The van der Waals surface area contributed by atoms with Crippen molar-refractivity contribution >= 4 is 23.9 Å². The number of methoxy groups -OCH3 is 2. The van der Waals surface area contributed by atoms with E-state index in [1.165, 1.54) is 11.8 Å². The van der Waals surface area contributed by atoms with Crippen molar-refractivity contribution in [1.82, 2.24) is 20.2 Å². The third kappa shape index (κ3) is 7.15. The van der Waals surface area contributed by atoms with Crippen LogP contribution < -0.4 is 19.6 Å². The second-order valence-corrected chi connectivity index (χ2v) is 9.91. The van der Waals surface area contributed by atoms with E-state index in [1.807, 2.05) is 102 Å². The van der Waals surface area contributed by atoms with E-state index in [0.29, 0.717) is 29.1 Å². The van der Waals surface area contributed by atoms with Crippen molar-refractivity contribution in [2.75, 3.05) is 20.0 Å². The maximum Gasteiger partial charge on any atom is 0.250 e. The Morgan fingerprint density at radius 2 is 1.62 bits per heavy atom. The number of nitrogens with zero attached hydrogens (tertiary/aromatic N) is 4. The van der Waals surface area contributed by atoms with Crippen molar-refractivity contribution in [2.45, 2.75) is 11.8 Å². The minimum atomic E-state index is -0.278. The summed E-state index contributed by atoms with van der Waals surface area (Å²) in [6, 6.07) is 32.7. The van der Waals surface area contributed by atoms with Gasteiger partial charge in [0.05, 0.1) is 26.2 Å². The molecular weight excluding hydrogens is 550 g/mol. The molecular formula is C32H29N5O4S. The highest BCUT2D eigenvalue weighted by atomic mass is 32.2. The Labute approximate surface area is 248 Å². The lowest BCUT2D eigenvalue weighted by molar-refractivity contribution is -0.118. The number of hydrogen-bond acceptors (Lipinski definition) is 8. The first-order chi connectivity index (χ1) is 20.6. The number of carbonyl (C=O) groups excluding carboxylic acids is 1. The summed E-state index contributed by atoms with van der Waals surface area (Å²) < 4.78 is 18.6. The van der Waals surface area contributed by atoms with Gasteiger partial charge in [0.15, 0.2) is 22.5 Å². The number of amides is 1. The van der Waals surface area contributed by atoms with Crippen molar-refractivity contribution in [1.29, 1.82) is 0 Å². The molecule has 1 N–H and O–H groups in total. The van der Waals surface area contributed by atoms with Crippen LogP contribution in [0.15, 0.2) is 113 Å². The van der Waals surface area contributed by atoms with Crippen LogP contribution in [0.4, 0.5) is 0 Å². The Morgan fingerprint density at radius 3 is 2.33 bits per heavy atom. The van der Waals surface area contributed by atoms with Crippen molar-refractivity contribution in [3.63, 3.8) is 0 Å². The first kappa shape index (κ1) is 28.4. The highest BCUT2D eigenvalue weighted by molar-refractivity contribution is 7.99. The van der Waals surface area contributed by atoms with Crippen LogP contribution in [0.2, 0.25) is 0 Å². The van der Waals surface area contributed by atoms with Crippen LogP contribution in [0, 0.1) is 0 Å². The van der Waals surface area contributed by atoms with Crippen molar-refractivity contribution in [3.8, 4) is 34.3 Å². The van der Waals surface area contributed by atoms with Gasteiger partial charge in [0, 0.05) is 11.3 Å². The number of aromatic nitrogens is 3. The number of carbonyl (C=O) groups is 1. The summed E-state index contributed by atoms with van der Waals surface area (Å²) in [7, 11) is 3.21. The fraction of sp³-hybridized carbons (Fsp3) is 0.125. The largest absolute Gasteiger partial charge is 0.497 e. The molecule has 1 amide bonds. The van der Waals surface area contributed by atoms with Crippen LogP contribution >= 0.6 is 11.8 Å². The molecule has 0 aliphatic rings. The van der Waals surface area contributed by atoms with Gasteiger partial charge < -0.3 is 14.2 Å². The maximum absolute atomic E-state index is 12.6. The average molecular weight is 580 g/mol. The second-order valence-electron chi connectivity index (χ2n) is 8.97. The molecule has 10 heteroatoms. The first-order valence-corrected chi connectivity index (χ1v) is 14.1. The van der Waals surface area contributed by atoms with Crippen LogP contribution in [-0.4, -0.2) is 46.9 Å². The fourth-order valence-electron chi connectivity index (χ4n) is 4.06. The molecule has 0 radical (unpaired) electrons. The van der Waals surface area contributed by atoms with Crippen molar-refractivity contribution in [2.24, 2.45) is 5.10 Å². The lowest BCUT2D eigenvalue weighted by Gasteiger charge is -2.11. The Balaban J connectivity index is 1.22. The van der Waals surface area contributed by atoms with E-state index >= 15 is 0 Å². The van der Waals surface area contributed by atoms with E-state index < -0.39 is 0 Å². The lowest BCUT2D eigenvalue weighted by atomic mass is 10.2. The van der Waals surface area contributed by atoms with Gasteiger partial charge in [0.25, 0.3) is 5.91 Å². The average Bonchev–Trinajstić information content (AvgIpc) is 3.48. The highest BCUT2D eigenvalue weighted by Gasteiger charge is 2.17. The van der Waals surface area contributed by atoms with Gasteiger partial charge in [-0.1, -0.05) is 60.3 Å². The molecule has 42 heavy (non-hydrogen) atoms. The first-order valence-electron chi connectivity index (χ1n) is 13.1. The summed E-state index contributed by atoms with van der Waals surface area (Å²) in [4.78, 5) is 12.6. The predicted octanol–water partition coefficient (Wildman–Crippen LogP) is 5.77. The van der Waals surface area contributed by atoms with Gasteiger partial charge in [-0.15, -0.1) is 10.2 Å². The third-order valence-electron chi connectivity index (χ3n) is 6.16. The van der Waals surface area contributed by atoms with Crippen LogP contribution in [0.5, 0.6) is 17.2 Å². The molecule has 0 fully saturated rings. The molecule has 0 spiro atoms. The Kier molecular flexibility index (Phi) is 9.48. The monoisotopic (exact) mass is 579 g/mol. The molecule has 0 atom stereocenters. The number of thioether (sulfide) groups is 1. The van der Waals surface area contributed by atoms with Gasteiger partial charge in [0.1, 0.15) is 12.4 Å². The molecule has 0 saturated carbocycles. The predicted molar refractivity (Wildman–Crippen MR) is 164 cm³/mol. The van der Waals surface area contributed by atoms with Gasteiger partial charge in [-0.25, -0.2) is 5.43 Å². The van der Waals surface area contributed by atoms with E-state index in [0.717, 1.165) is 28.1 Å². The normalized spacial score (nSPS) is 10.9. The van der Waals surface area contributed by atoms with Gasteiger partial charge >= 0.3 is 0 Å². The number of hydrogen-bond donors (Lipinski definition) is 1. The molecule has 0 unspecified atom stereocenters. The molecule has 0 saturated heterocycles. The smallest absolute Gasteiger partial charge is 0.250 e. The second kappa shape index (κ2) is 14.0. The fourth-order valence-corrected chi connectivity index (χ4v) is 4.80. The Morgan fingerprint density at radius 1 is 0.881 bits per heavy atom. The molecule has 0 aliphatic heterocycles. The molecule has 1 heterocycles. The van der Waals surface area contributed by atoms with Crippen LogP contribution in [-0.2, 0) is 11.4 Å². The molecule has 9 nitrogen and oxygen atoms in total.